The molecule has 78 valence electrons. The van der Waals surface area contributed by atoms with Crippen LogP contribution in [-0.2, 0) is 16.1 Å². The quantitative estimate of drug-likeness (QED) is 0.828. The summed E-state index contributed by atoms with van der Waals surface area (Å²) >= 11 is 0. The van der Waals surface area contributed by atoms with Crippen molar-refractivity contribution in [2.45, 2.75) is 13.5 Å². The van der Waals surface area contributed by atoms with Crippen molar-refractivity contribution in [2.75, 3.05) is 6.61 Å². The molecule has 1 N–H and O–H groups in total. The second-order valence-electron chi connectivity index (χ2n) is 2.52. The van der Waals surface area contributed by atoms with Crippen LogP contribution in [0.1, 0.15) is 6.92 Å². The van der Waals surface area contributed by atoms with E-state index in [-0.39, 0.29) is 29.5 Å². The molecule has 0 aliphatic rings. The highest BCUT2D eigenvalue weighted by molar-refractivity contribution is 8.93. The molecule has 4 nitrogen and oxygen atoms in total. The van der Waals surface area contributed by atoms with Gasteiger partial charge in [-0.25, -0.2) is 0 Å². The Hall–Kier alpha value is -1.10. The van der Waals surface area contributed by atoms with Gasteiger partial charge in [0.25, 0.3) is 0 Å². The third-order valence-corrected chi connectivity index (χ3v) is 1.55. The van der Waals surface area contributed by atoms with Crippen LogP contribution in [0.2, 0.25) is 0 Å². The van der Waals surface area contributed by atoms with Gasteiger partial charge in [-0.15, -0.1) is 17.0 Å². The summed E-state index contributed by atoms with van der Waals surface area (Å²) in [6, 6.07) is 5.15. The third-order valence-electron chi connectivity index (χ3n) is 1.55. The van der Waals surface area contributed by atoms with Gasteiger partial charge in [0.05, 0.1) is 6.61 Å². The Bertz CT molecular complexity index is 349. The fraction of sp³-hybridized carbons (Fsp3) is 0.333. The summed E-state index contributed by atoms with van der Waals surface area (Å²) in [7, 11) is 0. The van der Waals surface area contributed by atoms with E-state index < -0.39 is 0 Å². The minimum Gasteiger partial charge on any atom is -0.465 e. The van der Waals surface area contributed by atoms with Gasteiger partial charge >= 0.3 is 5.97 Å². The molecule has 0 saturated heterocycles. The lowest BCUT2D eigenvalue weighted by Crippen LogP contribution is -2.23. The van der Waals surface area contributed by atoms with Crippen molar-refractivity contribution in [3.63, 3.8) is 0 Å². The molecule has 0 aromatic carbocycles. The van der Waals surface area contributed by atoms with E-state index in [1.807, 2.05) is 0 Å². The zero-order valence-corrected chi connectivity index (χ0v) is 9.61. The van der Waals surface area contributed by atoms with Crippen LogP contribution in [0.5, 0.6) is 0 Å². The second kappa shape index (κ2) is 6.37. The molecule has 1 heterocycles. The van der Waals surface area contributed by atoms with E-state index >= 15 is 0 Å². The van der Waals surface area contributed by atoms with Crippen molar-refractivity contribution in [3.05, 3.63) is 29.9 Å². The Morgan fingerprint density at radius 2 is 2.29 bits per heavy atom. The number of carbonyl (C=O) groups is 1. The Morgan fingerprint density at radius 3 is 2.86 bits per heavy atom. The highest BCUT2D eigenvalue weighted by Crippen LogP contribution is 1.85. The summed E-state index contributed by atoms with van der Waals surface area (Å²) in [6.07, 6.45) is 1.68. The van der Waals surface area contributed by atoms with Gasteiger partial charge in [-0.1, -0.05) is 6.07 Å². The zero-order chi connectivity index (χ0) is 9.68. The summed E-state index contributed by atoms with van der Waals surface area (Å²) in [5.74, 6) is -0.313. The molecule has 0 spiro atoms. The zero-order valence-electron chi connectivity index (χ0n) is 7.90. The molecule has 0 atom stereocenters. The number of halogens is 1. The molecular formula is C9H13BrN2O2. The summed E-state index contributed by atoms with van der Waals surface area (Å²) in [4.78, 5) is 11.0. The second-order valence-corrected chi connectivity index (χ2v) is 2.52. The minimum atomic E-state index is -0.313. The summed E-state index contributed by atoms with van der Waals surface area (Å²) in [5, 5.41) is 7.45. The lowest BCUT2D eigenvalue weighted by molar-refractivity contribution is -0.143. The van der Waals surface area contributed by atoms with Gasteiger partial charge < -0.3 is 9.30 Å². The maximum atomic E-state index is 11.0. The van der Waals surface area contributed by atoms with E-state index in [0.29, 0.717) is 12.1 Å². The molecule has 0 unspecified atom stereocenters. The molecular weight excluding hydrogens is 248 g/mol. The van der Waals surface area contributed by atoms with Crippen molar-refractivity contribution >= 4 is 23.0 Å². The summed E-state index contributed by atoms with van der Waals surface area (Å²) < 4.78 is 6.28. The van der Waals surface area contributed by atoms with Gasteiger partial charge in [-0.05, 0) is 19.1 Å². The smallest absolute Gasteiger partial charge is 0.325 e. The highest BCUT2D eigenvalue weighted by atomic mass is 79.9. The minimum absolute atomic E-state index is 0. The number of esters is 1. The van der Waals surface area contributed by atoms with Gasteiger partial charge in [0.15, 0.2) is 0 Å². The molecule has 0 aliphatic carbocycles. The molecule has 0 saturated carbocycles. The first-order valence-corrected chi connectivity index (χ1v) is 4.09. The van der Waals surface area contributed by atoms with Gasteiger partial charge in [-0.2, -0.15) is 0 Å². The van der Waals surface area contributed by atoms with Crippen LogP contribution >= 0.6 is 17.0 Å². The van der Waals surface area contributed by atoms with Gasteiger partial charge in [0.1, 0.15) is 12.0 Å². The molecule has 0 radical (unpaired) electrons. The predicted octanol–water partition coefficient (Wildman–Crippen LogP) is 1.11. The van der Waals surface area contributed by atoms with Crippen LogP contribution in [-0.4, -0.2) is 17.1 Å². The predicted molar refractivity (Wildman–Crippen MR) is 57.2 cm³/mol. The number of ether oxygens (including phenoxy) is 1. The topological polar surface area (TPSA) is 55.1 Å². The molecule has 14 heavy (non-hydrogen) atoms. The summed E-state index contributed by atoms with van der Waals surface area (Å²) in [5.41, 5.74) is 0.301. The molecule has 1 rings (SSSR count). The fourth-order valence-electron chi connectivity index (χ4n) is 0.960. The van der Waals surface area contributed by atoms with Crippen molar-refractivity contribution in [1.29, 1.82) is 5.41 Å². The largest absolute Gasteiger partial charge is 0.465 e. The number of aromatic nitrogens is 1. The number of rotatable bonds is 3. The van der Waals surface area contributed by atoms with E-state index in [1.165, 1.54) is 4.57 Å². The average molecular weight is 261 g/mol. The Morgan fingerprint density at radius 1 is 1.57 bits per heavy atom. The lowest BCUT2D eigenvalue weighted by atomic mass is 10.4. The van der Waals surface area contributed by atoms with E-state index in [2.05, 4.69) is 0 Å². The van der Waals surface area contributed by atoms with Crippen molar-refractivity contribution < 1.29 is 9.53 Å². The first kappa shape index (κ1) is 12.9. The highest BCUT2D eigenvalue weighted by Gasteiger charge is 2.01. The molecule has 0 fully saturated rings. The van der Waals surface area contributed by atoms with E-state index in [9.17, 15) is 4.79 Å². The van der Waals surface area contributed by atoms with Gasteiger partial charge in [0.2, 0.25) is 0 Å². The first-order valence-electron chi connectivity index (χ1n) is 4.09. The molecule has 0 aliphatic heterocycles. The summed E-state index contributed by atoms with van der Waals surface area (Å²) in [6.45, 7) is 2.24. The SMILES string of the molecule is Br.CCOC(=O)Cn1ccccc1=N. The Kier molecular flexibility index (Phi) is 5.87. The Labute approximate surface area is 92.8 Å². The fourth-order valence-corrected chi connectivity index (χ4v) is 0.960. The third kappa shape index (κ3) is 3.74. The number of hydrogen-bond acceptors (Lipinski definition) is 3. The van der Waals surface area contributed by atoms with Gasteiger partial charge in [0, 0.05) is 6.20 Å². The monoisotopic (exact) mass is 260 g/mol. The van der Waals surface area contributed by atoms with E-state index in [1.54, 1.807) is 31.3 Å². The Balaban J connectivity index is 0.00000169. The average Bonchev–Trinajstić information content (AvgIpc) is 2.09. The lowest BCUT2D eigenvalue weighted by Gasteiger charge is -2.04. The van der Waals surface area contributed by atoms with Crippen LogP contribution in [0, 0.1) is 5.41 Å². The molecule has 1 aromatic rings. The maximum Gasteiger partial charge on any atom is 0.325 e. The normalized spacial score (nSPS) is 8.93. The van der Waals surface area contributed by atoms with E-state index in [4.69, 9.17) is 10.1 Å². The van der Waals surface area contributed by atoms with Crippen molar-refractivity contribution in [3.8, 4) is 0 Å². The number of nitrogens with zero attached hydrogens (tertiary/aromatic N) is 1. The van der Waals surface area contributed by atoms with Crippen LogP contribution in [0.15, 0.2) is 24.4 Å². The number of nitrogens with one attached hydrogen (secondary N) is 1. The molecule has 0 bridgehead atoms. The molecule has 5 heteroatoms. The number of carbonyl (C=O) groups excluding carboxylic acids is 1. The van der Waals surface area contributed by atoms with Crippen molar-refractivity contribution in [2.24, 2.45) is 0 Å². The van der Waals surface area contributed by atoms with Crippen LogP contribution in [0.4, 0.5) is 0 Å². The first-order chi connectivity index (χ1) is 6.24. The van der Waals surface area contributed by atoms with Crippen LogP contribution in [0.3, 0.4) is 0 Å². The maximum absolute atomic E-state index is 11.0. The number of hydrogen-bond donors (Lipinski definition) is 1. The van der Waals surface area contributed by atoms with Crippen molar-refractivity contribution in [1.82, 2.24) is 4.57 Å². The van der Waals surface area contributed by atoms with E-state index in [0.717, 1.165) is 0 Å². The van der Waals surface area contributed by atoms with Crippen LogP contribution < -0.4 is 5.49 Å². The van der Waals surface area contributed by atoms with Gasteiger partial charge in [-0.3, -0.25) is 10.2 Å². The van der Waals surface area contributed by atoms with Crippen LogP contribution in [0.25, 0.3) is 0 Å². The molecule has 0 amide bonds. The molecule has 1 aromatic heterocycles. The standard InChI is InChI=1S/C9H12N2O2.BrH/c1-2-13-9(12)7-11-6-4-3-5-8(11)10;/h3-6,10H,2,7H2,1H3;1H. The number of pyridine rings is 1.